The van der Waals surface area contributed by atoms with Crippen molar-refractivity contribution < 1.29 is 18.7 Å². The second-order valence-electron chi connectivity index (χ2n) is 6.80. The number of carbonyl (C=O) groups is 1. The summed E-state index contributed by atoms with van der Waals surface area (Å²) in [6.45, 7) is 7.29. The molecule has 3 rings (SSSR count). The van der Waals surface area contributed by atoms with Crippen LogP contribution in [0, 0.1) is 5.92 Å². The summed E-state index contributed by atoms with van der Waals surface area (Å²) in [5.41, 5.74) is 0.0452. The molecule has 1 aromatic carbocycles. The SMILES string of the molecule is C/C=C\CC1C(OC(C)=O)c2c(ccc3ccc(=O)oc23)OC1(C)C. The van der Waals surface area contributed by atoms with Crippen molar-refractivity contribution in [2.24, 2.45) is 5.92 Å². The maximum absolute atomic E-state index is 11.8. The maximum atomic E-state index is 11.8. The lowest BCUT2D eigenvalue weighted by Gasteiger charge is -2.44. The average Bonchev–Trinajstić information content (AvgIpc) is 2.52. The summed E-state index contributed by atoms with van der Waals surface area (Å²) < 4.78 is 17.3. The smallest absolute Gasteiger partial charge is 0.336 e. The van der Waals surface area contributed by atoms with E-state index >= 15 is 0 Å². The minimum atomic E-state index is -0.554. The third kappa shape index (κ3) is 3.18. The van der Waals surface area contributed by atoms with Gasteiger partial charge in [-0.05, 0) is 45.4 Å². The first-order valence-electron chi connectivity index (χ1n) is 8.37. The van der Waals surface area contributed by atoms with Crippen LogP contribution in [0.3, 0.4) is 0 Å². The minimum Gasteiger partial charge on any atom is -0.487 e. The van der Waals surface area contributed by atoms with Gasteiger partial charge in [0.2, 0.25) is 0 Å². The number of ether oxygens (including phenoxy) is 2. The summed E-state index contributed by atoms with van der Waals surface area (Å²) in [5.74, 6) is 0.0837. The van der Waals surface area contributed by atoms with E-state index in [1.807, 2.05) is 45.1 Å². The number of fused-ring (bicyclic) bond motifs is 3. The Labute approximate surface area is 146 Å². The van der Waals surface area contributed by atoms with Crippen molar-refractivity contribution in [3.8, 4) is 5.75 Å². The topological polar surface area (TPSA) is 65.7 Å². The number of esters is 1. The van der Waals surface area contributed by atoms with Crippen LogP contribution in [0.2, 0.25) is 0 Å². The lowest BCUT2D eigenvalue weighted by atomic mass is 9.77. The van der Waals surface area contributed by atoms with E-state index in [-0.39, 0.29) is 11.9 Å². The molecule has 5 heteroatoms. The first kappa shape index (κ1) is 17.3. The van der Waals surface area contributed by atoms with E-state index in [2.05, 4.69) is 0 Å². The van der Waals surface area contributed by atoms with Crippen LogP contribution in [0.4, 0.5) is 0 Å². The molecule has 0 spiro atoms. The molecule has 25 heavy (non-hydrogen) atoms. The Morgan fingerprint density at radius 2 is 2.00 bits per heavy atom. The van der Waals surface area contributed by atoms with Crippen molar-refractivity contribution >= 4 is 16.9 Å². The van der Waals surface area contributed by atoms with Crippen LogP contribution in [0.25, 0.3) is 11.0 Å². The Morgan fingerprint density at radius 3 is 2.68 bits per heavy atom. The molecule has 2 heterocycles. The molecule has 0 amide bonds. The van der Waals surface area contributed by atoms with Crippen LogP contribution in [-0.4, -0.2) is 11.6 Å². The highest BCUT2D eigenvalue weighted by Gasteiger charge is 2.46. The van der Waals surface area contributed by atoms with E-state index < -0.39 is 17.3 Å². The minimum absolute atomic E-state index is 0.115. The fraction of sp³-hybridized carbons (Fsp3) is 0.400. The average molecular weight is 342 g/mol. The van der Waals surface area contributed by atoms with Gasteiger partial charge in [-0.1, -0.05) is 12.2 Å². The predicted molar refractivity (Wildman–Crippen MR) is 94.6 cm³/mol. The number of hydrogen-bond acceptors (Lipinski definition) is 5. The van der Waals surface area contributed by atoms with Gasteiger partial charge in [-0.25, -0.2) is 4.79 Å². The highest BCUT2D eigenvalue weighted by Crippen LogP contribution is 2.49. The van der Waals surface area contributed by atoms with E-state index in [0.717, 1.165) is 5.39 Å². The molecule has 0 N–H and O–H groups in total. The first-order valence-corrected chi connectivity index (χ1v) is 8.37. The number of hydrogen-bond donors (Lipinski definition) is 0. The van der Waals surface area contributed by atoms with Crippen LogP contribution in [0.15, 0.2) is 45.6 Å². The molecule has 2 atom stereocenters. The van der Waals surface area contributed by atoms with Gasteiger partial charge < -0.3 is 13.9 Å². The second-order valence-corrected chi connectivity index (χ2v) is 6.80. The van der Waals surface area contributed by atoms with E-state index in [0.29, 0.717) is 23.3 Å². The monoisotopic (exact) mass is 342 g/mol. The Balaban J connectivity index is 2.26. The van der Waals surface area contributed by atoms with Crippen molar-refractivity contribution in [3.63, 3.8) is 0 Å². The molecule has 132 valence electrons. The number of benzene rings is 1. The van der Waals surface area contributed by atoms with Gasteiger partial charge in [0, 0.05) is 24.3 Å². The number of rotatable bonds is 3. The van der Waals surface area contributed by atoms with Gasteiger partial charge in [0.25, 0.3) is 0 Å². The summed E-state index contributed by atoms with van der Waals surface area (Å²) in [6, 6.07) is 6.75. The lowest BCUT2D eigenvalue weighted by molar-refractivity contribution is -0.157. The number of carbonyl (C=O) groups excluding carboxylic acids is 1. The molecule has 1 aromatic heterocycles. The summed E-state index contributed by atoms with van der Waals surface area (Å²) >= 11 is 0. The molecule has 2 aromatic rings. The Bertz CT molecular complexity index is 891. The zero-order valence-corrected chi connectivity index (χ0v) is 14.9. The van der Waals surface area contributed by atoms with E-state index in [1.165, 1.54) is 13.0 Å². The van der Waals surface area contributed by atoms with Crippen molar-refractivity contribution in [2.75, 3.05) is 0 Å². The van der Waals surface area contributed by atoms with E-state index in [1.54, 1.807) is 6.07 Å². The molecule has 0 saturated heterocycles. The van der Waals surface area contributed by atoms with Crippen molar-refractivity contribution in [3.05, 3.63) is 52.4 Å². The molecule has 0 radical (unpaired) electrons. The second kappa shape index (κ2) is 6.39. The molecular weight excluding hydrogens is 320 g/mol. The van der Waals surface area contributed by atoms with Crippen molar-refractivity contribution in [1.29, 1.82) is 0 Å². The summed E-state index contributed by atoms with van der Waals surface area (Å²) in [5, 5.41) is 0.767. The Hall–Kier alpha value is -2.56. The van der Waals surface area contributed by atoms with Crippen LogP contribution < -0.4 is 10.4 Å². The summed E-state index contributed by atoms with van der Waals surface area (Å²) in [4.78, 5) is 23.5. The number of allylic oxidation sites excluding steroid dienone is 2. The molecule has 5 nitrogen and oxygen atoms in total. The normalized spacial score (nSPS) is 21.8. The Morgan fingerprint density at radius 1 is 1.28 bits per heavy atom. The van der Waals surface area contributed by atoms with E-state index in [9.17, 15) is 9.59 Å². The molecule has 1 aliphatic rings. The summed E-state index contributed by atoms with van der Waals surface area (Å²) in [6.07, 6.45) is 4.11. The molecule has 0 bridgehead atoms. The van der Waals surface area contributed by atoms with Crippen LogP contribution in [0.5, 0.6) is 5.75 Å². The van der Waals surface area contributed by atoms with Crippen LogP contribution >= 0.6 is 0 Å². The third-order valence-electron chi connectivity index (χ3n) is 4.62. The molecule has 1 aliphatic heterocycles. The van der Waals surface area contributed by atoms with Gasteiger partial charge >= 0.3 is 11.6 Å². The van der Waals surface area contributed by atoms with Gasteiger partial charge in [-0.2, -0.15) is 0 Å². The van der Waals surface area contributed by atoms with Crippen molar-refractivity contribution in [1.82, 2.24) is 0 Å². The zero-order chi connectivity index (χ0) is 18.2. The fourth-order valence-corrected chi connectivity index (χ4v) is 3.43. The standard InChI is InChI=1S/C20H22O5/c1-5-6-7-14-19(23-12(2)21)17-15(25-20(14,3)4)10-8-13-9-11-16(22)24-18(13)17/h5-6,8-11,14,19H,7H2,1-4H3/b6-5-. The summed E-state index contributed by atoms with van der Waals surface area (Å²) in [7, 11) is 0. The first-order chi connectivity index (χ1) is 11.8. The fourth-order valence-electron chi connectivity index (χ4n) is 3.43. The van der Waals surface area contributed by atoms with Crippen molar-refractivity contribution in [2.45, 2.75) is 45.8 Å². The Kier molecular flexibility index (Phi) is 4.41. The quantitative estimate of drug-likeness (QED) is 0.476. The molecular formula is C20H22O5. The zero-order valence-electron chi connectivity index (χ0n) is 14.9. The maximum Gasteiger partial charge on any atom is 0.336 e. The molecule has 2 unspecified atom stereocenters. The van der Waals surface area contributed by atoms with Crippen LogP contribution in [0.1, 0.15) is 45.8 Å². The largest absolute Gasteiger partial charge is 0.487 e. The van der Waals surface area contributed by atoms with Gasteiger partial charge in [0.05, 0.1) is 5.56 Å². The van der Waals surface area contributed by atoms with Gasteiger partial charge in [0.15, 0.2) is 0 Å². The highest BCUT2D eigenvalue weighted by molar-refractivity contribution is 5.83. The molecule has 0 saturated carbocycles. The van der Waals surface area contributed by atoms with Crippen LogP contribution in [-0.2, 0) is 9.53 Å². The lowest BCUT2D eigenvalue weighted by Crippen LogP contribution is -2.45. The predicted octanol–water partition coefficient (Wildman–Crippen LogP) is 4.15. The van der Waals surface area contributed by atoms with Gasteiger partial charge in [-0.15, -0.1) is 0 Å². The molecule has 0 fully saturated rings. The third-order valence-corrected chi connectivity index (χ3v) is 4.62. The van der Waals surface area contributed by atoms with E-state index in [4.69, 9.17) is 13.9 Å². The molecule has 0 aliphatic carbocycles. The van der Waals surface area contributed by atoms with Gasteiger partial charge in [-0.3, -0.25) is 4.79 Å². The highest BCUT2D eigenvalue weighted by atomic mass is 16.6. The van der Waals surface area contributed by atoms with Gasteiger partial charge in [0.1, 0.15) is 23.0 Å².